The van der Waals surface area contributed by atoms with Crippen LogP contribution in [0.15, 0.2) is 54.6 Å². The van der Waals surface area contributed by atoms with Crippen LogP contribution in [0.2, 0.25) is 0 Å². The first-order valence-electron chi connectivity index (χ1n) is 9.23. The highest BCUT2D eigenvalue weighted by Crippen LogP contribution is 2.30. The van der Waals surface area contributed by atoms with Crippen LogP contribution in [0.1, 0.15) is 42.5 Å². The summed E-state index contributed by atoms with van der Waals surface area (Å²) < 4.78 is 11.1. The lowest BCUT2D eigenvalue weighted by atomic mass is 10.1. The van der Waals surface area contributed by atoms with E-state index in [9.17, 15) is 9.59 Å². The van der Waals surface area contributed by atoms with Crippen LogP contribution in [-0.4, -0.2) is 31.1 Å². The average molecular weight is 418 g/mol. The summed E-state index contributed by atoms with van der Waals surface area (Å²) in [7, 11) is 0. The largest absolute Gasteiger partial charge is 0.403 e. The fraction of sp³-hybridized carbons (Fsp3) is 0.136. The van der Waals surface area contributed by atoms with Crippen LogP contribution in [0.25, 0.3) is 5.69 Å². The van der Waals surface area contributed by atoms with Crippen LogP contribution in [0.3, 0.4) is 0 Å². The lowest BCUT2D eigenvalue weighted by Crippen LogP contribution is -2.14. The number of carbonyl (C=O) groups is 2. The molecule has 4 rings (SSSR count). The first-order chi connectivity index (χ1) is 14.5. The molecule has 0 radical (unpaired) electrons. The molecular weight excluding hydrogens is 400 g/mol. The van der Waals surface area contributed by atoms with Gasteiger partial charge in [-0.15, -0.1) is 5.10 Å². The highest BCUT2D eigenvalue weighted by atomic mass is 32.1. The second kappa shape index (κ2) is 8.00. The maximum absolute atomic E-state index is 13.3. The fourth-order valence-corrected chi connectivity index (χ4v) is 3.60. The van der Waals surface area contributed by atoms with Gasteiger partial charge in [0.15, 0.2) is 0 Å². The molecule has 0 atom stereocenters. The summed E-state index contributed by atoms with van der Waals surface area (Å²) in [4.78, 5) is 26.5. The lowest BCUT2D eigenvalue weighted by molar-refractivity contribution is 0.0721. The van der Waals surface area contributed by atoms with Gasteiger partial charge in [0.05, 0.1) is 22.6 Å². The van der Waals surface area contributed by atoms with E-state index in [1.54, 1.807) is 26.0 Å². The van der Waals surface area contributed by atoms with Crippen molar-refractivity contribution in [1.29, 1.82) is 0 Å². The molecule has 2 heterocycles. The van der Waals surface area contributed by atoms with E-state index in [2.05, 4.69) is 14.7 Å². The second-order valence-corrected chi connectivity index (χ2v) is 7.54. The summed E-state index contributed by atoms with van der Waals surface area (Å²) in [6.07, 6.45) is 0. The minimum atomic E-state index is -0.569. The molecule has 2 aromatic heterocycles. The summed E-state index contributed by atoms with van der Waals surface area (Å²) in [6.45, 7) is 5.36. The molecule has 4 aromatic rings. The Morgan fingerprint density at radius 1 is 0.933 bits per heavy atom. The zero-order valence-electron chi connectivity index (χ0n) is 16.6. The standard InChI is InChI=1S/C22H18N4O3S/c1-13-9-11-16(12-10-13)22(28)29-21-18(19(27)20-15(3)23-25-30-20)14(2)24-26(21)17-7-5-4-6-8-17/h4-12H,1-3H3. The normalized spacial score (nSPS) is 10.8. The topological polar surface area (TPSA) is 87.0 Å². The summed E-state index contributed by atoms with van der Waals surface area (Å²) in [5.41, 5.74) is 3.27. The Labute approximate surface area is 177 Å². The van der Waals surface area contributed by atoms with Crippen molar-refractivity contribution in [2.75, 3.05) is 0 Å². The van der Waals surface area contributed by atoms with E-state index < -0.39 is 5.97 Å². The third-order valence-electron chi connectivity index (χ3n) is 4.58. The molecular formula is C22H18N4O3S. The number of rotatable bonds is 5. The molecule has 2 aromatic carbocycles. The Bertz CT molecular complexity index is 1230. The zero-order chi connectivity index (χ0) is 21.3. The van der Waals surface area contributed by atoms with Crippen molar-refractivity contribution >= 4 is 23.3 Å². The molecule has 7 nitrogen and oxygen atoms in total. The SMILES string of the molecule is Cc1ccc(C(=O)Oc2c(C(=O)c3snnc3C)c(C)nn2-c2ccccc2)cc1. The van der Waals surface area contributed by atoms with Crippen LogP contribution in [0.4, 0.5) is 0 Å². The van der Waals surface area contributed by atoms with Gasteiger partial charge in [0, 0.05) is 0 Å². The van der Waals surface area contributed by atoms with Gasteiger partial charge in [-0.1, -0.05) is 40.4 Å². The van der Waals surface area contributed by atoms with E-state index in [0.717, 1.165) is 17.1 Å². The molecule has 8 heteroatoms. The van der Waals surface area contributed by atoms with Crippen molar-refractivity contribution in [3.63, 3.8) is 0 Å². The molecule has 0 aliphatic rings. The number of para-hydroxylation sites is 1. The van der Waals surface area contributed by atoms with Gasteiger partial charge in [-0.2, -0.15) is 9.78 Å². The van der Waals surface area contributed by atoms with Crippen molar-refractivity contribution in [3.8, 4) is 11.6 Å². The van der Waals surface area contributed by atoms with Gasteiger partial charge in [-0.25, -0.2) is 4.79 Å². The van der Waals surface area contributed by atoms with E-state index in [0.29, 0.717) is 27.5 Å². The Kier molecular flexibility index (Phi) is 5.24. The maximum atomic E-state index is 13.3. The number of ether oxygens (including phenoxy) is 1. The summed E-state index contributed by atoms with van der Waals surface area (Å²) in [5, 5.41) is 8.40. The Hall–Kier alpha value is -3.65. The second-order valence-electron chi connectivity index (χ2n) is 6.79. The number of aryl methyl sites for hydroxylation is 3. The molecule has 0 aliphatic heterocycles. The first-order valence-corrected chi connectivity index (χ1v) is 10.0. The molecule has 0 amide bonds. The molecule has 150 valence electrons. The average Bonchev–Trinajstić information content (AvgIpc) is 3.31. The molecule has 0 aliphatic carbocycles. The van der Waals surface area contributed by atoms with Gasteiger partial charge >= 0.3 is 5.97 Å². The number of nitrogens with zero attached hydrogens (tertiary/aromatic N) is 4. The molecule has 0 saturated heterocycles. The smallest absolute Gasteiger partial charge is 0.344 e. The van der Waals surface area contributed by atoms with Crippen LogP contribution < -0.4 is 4.74 Å². The first kappa shape index (κ1) is 19.7. The predicted octanol–water partition coefficient (Wildman–Crippen LogP) is 4.10. The van der Waals surface area contributed by atoms with E-state index >= 15 is 0 Å². The highest BCUT2D eigenvalue weighted by molar-refractivity contribution is 7.08. The van der Waals surface area contributed by atoms with E-state index in [-0.39, 0.29) is 17.2 Å². The van der Waals surface area contributed by atoms with Crippen molar-refractivity contribution in [2.24, 2.45) is 0 Å². The molecule has 0 unspecified atom stereocenters. The van der Waals surface area contributed by atoms with Crippen molar-refractivity contribution in [1.82, 2.24) is 19.4 Å². The fourth-order valence-electron chi connectivity index (χ4n) is 3.00. The number of carbonyl (C=O) groups excluding carboxylic acids is 2. The van der Waals surface area contributed by atoms with Crippen molar-refractivity contribution in [3.05, 3.63) is 87.6 Å². The number of benzene rings is 2. The summed E-state index contributed by atoms with van der Waals surface area (Å²) in [5.74, 6) is -0.823. The van der Waals surface area contributed by atoms with Crippen LogP contribution in [0, 0.1) is 20.8 Å². The summed E-state index contributed by atoms with van der Waals surface area (Å²) in [6, 6.07) is 16.2. The minimum absolute atomic E-state index is 0.0714. The molecule has 30 heavy (non-hydrogen) atoms. The molecule has 0 fully saturated rings. The third kappa shape index (κ3) is 3.65. The van der Waals surface area contributed by atoms with Crippen molar-refractivity contribution in [2.45, 2.75) is 20.8 Å². The van der Waals surface area contributed by atoms with Crippen LogP contribution in [-0.2, 0) is 0 Å². The van der Waals surface area contributed by atoms with Crippen molar-refractivity contribution < 1.29 is 14.3 Å². The Morgan fingerprint density at radius 2 is 1.63 bits per heavy atom. The molecule has 0 spiro atoms. The van der Waals surface area contributed by atoms with Gasteiger partial charge < -0.3 is 4.74 Å². The maximum Gasteiger partial charge on any atom is 0.344 e. The molecule has 0 bridgehead atoms. The van der Waals surface area contributed by atoms with Crippen LogP contribution in [0.5, 0.6) is 5.88 Å². The monoisotopic (exact) mass is 418 g/mol. The number of aromatic nitrogens is 4. The van der Waals surface area contributed by atoms with E-state index in [1.165, 1.54) is 4.68 Å². The van der Waals surface area contributed by atoms with E-state index in [1.807, 2.05) is 49.4 Å². The third-order valence-corrected chi connectivity index (χ3v) is 5.41. The number of esters is 1. The van der Waals surface area contributed by atoms with Gasteiger partial charge in [0.1, 0.15) is 10.4 Å². The lowest BCUT2D eigenvalue weighted by Gasteiger charge is -2.10. The van der Waals surface area contributed by atoms with Gasteiger partial charge in [0.2, 0.25) is 11.7 Å². The van der Waals surface area contributed by atoms with Crippen LogP contribution >= 0.6 is 11.5 Å². The van der Waals surface area contributed by atoms with Gasteiger partial charge in [-0.05, 0) is 56.6 Å². The number of ketones is 1. The van der Waals surface area contributed by atoms with E-state index in [4.69, 9.17) is 4.74 Å². The number of hydrogen-bond donors (Lipinski definition) is 0. The molecule has 0 saturated carbocycles. The van der Waals surface area contributed by atoms with Gasteiger partial charge in [0.25, 0.3) is 0 Å². The minimum Gasteiger partial charge on any atom is -0.403 e. The quantitative estimate of drug-likeness (QED) is 0.358. The highest BCUT2D eigenvalue weighted by Gasteiger charge is 2.29. The Morgan fingerprint density at radius 3 is 2.27 bits per heavy atom. The number of hydrogen-bond acceptors (Lipinski definition) is 7. The Balaban J connectivity index is 1.83. The zero-order valence-corrected chi connectivity index (χ0v) is 17.4. The molecule has 0 N–H and O–H groups in total. The van der Waals surface area contributed by atoms with Gasteiger partial charge in [-0.3, -0.25) is 4.79 Å². The predicted molar refractivity (Wildman–Crippen MR) is 113 cm³/mol. The summed E-state index contributed by atoms with van der Waals surface area (Å²) >= 11 is 1.00.